The van der Waals surface area contributed by atoms with Gasteiger partial charge in [0.2, 0.25) is 5.91 Å². The molecule has 0 aliphatic rings. The van der Waals surface area contributed by atoms with Gasteiger partial charge in [0, 0.05) is 12.0 Å². The second kappa shape index (κ2) is 19.1. The van der Waals surface area contributed by atoms with Crippen molar-refractivity contribution in [1.82, 2.24) is 10.7 Å². The van der Waals surface area contributed by atoms with Crippen molar-refractivity contribution in [3.8, 4) is 5.75 Å². The number of amides is 2. The standard InChI is InChI=1S/C30H43N3O3/c1-2-3-4-5-6-7-8-9-10-11-15-22-29(34)31-24-30(35)33-32-23-27-20-16-17-21-28(27)36-25-26-18-13-12-14-19-26/h12-14,16-21,23H,2-11,15,22,24-25H2,1H3,(H,31,34)(H,33,35)/b32-23+. The fourth-order valence-electron chi connectivity index (χ4n) is 3.88. The van der Waals surface area contributed by atoms with E-state index in [1.54, 1.807) is 6.21 Å². The number of hydrogen-bond donors (Lipinski definition) is 2. The monoisotopic (exact) mass is 493 g/mol. The zero-order valence-corrected chi connectivity index (χ0v) is 21.8. The summed E-state index contributed by atoms with van der Waals surface area (Å²) in [6.45, 7) is 2.61. The molecule has 2 rings (SSSR count). The predicted molar refractivity (Wildman–Crippen MR) is 147 cm³/mol. The van der Waals surface area contributed by atoms with Crippen LogP contribution >= 0.6 is 0 Å². The van der Waals surface area contributed by atoms with Gasteiger partial charge in [-0.3, -0.25) is 9.59 Å². The first-order valence-electron chi connectivity index (χ1n) is 13.5. The van der Waals surface area contributed by atoms with Gasteiger partial charge in [-0.05, 0) is 24.1 Å². The second-order valence-electron chi connectivity index (χ2n) is 9.17. The Morgan fingerprint density at radius 2 is 1.39 bits per heavy atom. The zero-order valence-electron chi connectivity index (χ0n) is 21.8. The van der Waals surface area contributed by atoms with Crippen LogP contribution in [-0.4, -0.2) is 24.6 Å². The molecule has 0 aliphatic carbocycles. The van der Waals surface area contributed by atoms with E-state index in [9.17, 15) is 9.59 Å². The Labute approximate surface area is 216 Å². The third kappa shape index (κ3) is 13.7. The number of unbranched alkanes of at least 4 members (excludes halogenated alkanes) is 10. The normalized spacial score (nSPS) is 10.9. The molecule has 0 saturated carbocycles. The van der Waals surface area contributed by atoms with Crippen molar-refractivity contribution >= 4 is 18.0 Å². The highest BCUT2D eigenvalue weighted by Gasteiger charge is 2.05. The molecule has 0 saturated heterocycles. The third-order valence-corrected chi connectivity index (χ3v) is 6.00. The van der Waals surface area contributed by atoms with Crippen LogP contribution < -0.4 is 15.5 Å². The quantitative estimate of drug-likeness (QED) is 0.133. The lowest BCUT2D eigenvalue weighted by Crippen LogP contribution is -2.34. The van der Waals surface area contributed by atoms with Crippen molar-refractivity contribution in [2.24, 2.45) is 5.10 Å². The fraction of sp³-hybridized carbons (Fsp3) is 0.500. The minimum absolute atomic E-state index is 0.0830. The van der Waals surface area contributed by atoms with Gasteiger partial charge in [0.1, 0.15) is 12.4 Å². The second-order valence-corrected chi connectivity index (χ2v) is 9.17. The van der Waals surface area contributed by atoms with Crippen molar-refractivity contribution in [2.45, 2.75) is 90.6 Å². The van der Waals surface area contributed by atoms with Crippen LogP contribution in [0.2, 0.25) is 0 Å². The van der Waals surface area contributed by atoms with E-state index in [0.717, 1.165) is 24.0 Å². The number of ether oxygens (including phenoxy) is 1. The lowest BCUT2D eigenvalue weighted by atomic mass is 10.1. The molecule has 6 nitrogen and oxygen atoms in total. The number of nitrogens with one attached hydrogen (secondary N) is 2. The number of rotatable bonds is 19. The highest BCUT2D eigenvalue weighted by atomic mass is 16.5. The molecule has 2 aromatic carbocycles. The topological polar surface area (TPSA) is 79.8 Å². The molecule has 0 fully saturated rings. The van der Waals surface area contributed by atoms with Crippen molar-refractivity contribution in [3.63, 3.8) is 0 Å². The predicted octanol–water partition coefficient (Wildman–Crippen LogP) is 6.53. The van der Waals surface area contributed by atoms with Crippen molar-refractivity contribution in [3.05, 3.63) is 65.7 Å². The summed E-state index contributed by atoms with van der Waals surface area (Å²) in [6, 6.07) is 17.4. The fourth-order valence-corrected chi connectivity index (χ4v) is 3.88. The van der Waals surface area contributed by atoms with Crippen molar-refractivity contribution < 1.29 is 14.3 Å². The molecule has 0 heterocycles. The van der Waals surface area contributed by atoms with Gasteiger partial charge >= 0.3 is 0 Å². The first-order valence-corrected chi connectivity index (χ1v) is 13.5. The Hall–Kier alpha value is -3.15. The molecule has 2 aromatic rings. The molecular formula is C30H43N3O3. The van der Waals surface area contributed by atoms with Gasteiger partial charge in [-0.25, -0.2) is 5.43 Å². The summed E-state index contributed by atoms with van der Waals surface area (Å²) in [6.07, 6.45) is 15.7. The van der Waals surface area contributed by atoms with Crippen LogP contribution in [0, 0.1) is 0 Å². The number of para-hydroxylation sites is 1. The molecule has 0 radical (unpaired) electrons. The summed E-state index contributed by atoms with van der Waals surface area (Å²) in [4.78, 5) is 24.0. The molecule has 2 amide bonds. The Morgan fingerprint density at radius 1 is 0.778 bits per heavy atom. The summed E-state index contributed by atoms with van der Waals surface area (Å²) in [7, 11) is 0. The van der Waals surface area contributed by atoms with Gasteiger partial charge in [-0.1, -0.05) is 114 Å². The van der Waals surface area contributed by atoms with E-state index in [0.29, 0.717) is 18.8 Å². The SMILES string of the molecule is CCCCCCCCCCCCCC(=O)NCC(=O)N/N=C/c1ccccc1OCc1ccccc1. The maximum atomic E-state index is 12.0. The van der Waals surface area contributed by atoms with Crippen LogP contribution in [-0.2, 0) is 16.2 Å². The molecule has 0 unspecified atom stereocenters. The summed E-state index contributed by atoms with van der Waals surface area (Å²) in [5.41, 5.74) is 4.29. The Balaban J connectivity index is 1.54. The number of nitrogens with zero attached hydrogens (tertiary/aromatic N) is 1. The van der Waals surface area contributed by atoms with Crippen LogP contribution in [0.3, 0.4) is 0 Å². The number of benzene rings is 2. The summed E-state index contributed by atoms with van der Waals surface area (Å²) < 4.78 is 5.89. The van der Waals surface area contributed by atoms with Crippen molar-refractivity contribution in [1.29, 1.82) is 0 Å². The molecule has 6 heteroatoms. The van der Waals surface area contributed by atoms with Crippen molar-refractivity contribution in [2.75, 3.05) is 6.54 Å². The molecule has 0 atom stereocenters. The first-order chi connectivity index (χ1) is 17.7. The number of hydrazone groups is 1. The number of hydrogen-bond acceptors (Lipinski definition) is 4. The first kappa shape index (κ1) is 29.1. The molecule has 0 aliphatic heterocycles. The summed E-state index contributed by atoms with van der Waals surface area (Å²) >= 11 is 0. The van der Waals surface area contributed by atoms with Gasteiger partial charge in [0.25, 0.3) is 5.91 Å². The van der Waals surface area contributed by atoms with E-state index in [4.69, 9.17) is 4.74 Å². The smallest absolute Gasteiger partial charge is 0.259 e. The number of carbonyl (C=O) groups is 2. The van der Waals surface area contributed by atoms with Gasteiger partial charge < -0.3 is 10.1 Å². The van der Waals surface area contributed by atoms with E-state index in [2.05, 4.69) is 22.8 Å². The van der Waals surface area contributed by atoms with Crippen LogP contribution in [0.15, 0.2) is 59.7 Å². The highest BCUT2D eigenvalue weighted by molar-refractivity contribution is 5.87. The van der Waals surface area contributed by atoms with E-state index >= 15 is 0 Å². The summed E-state index contributed by atoms with van der Waals surface area (Å²) in [5.74, 6) is 0.227. The van der Waals surface area contributed by atoms with Gasteiger partial charge in [0.15, 0.2) is 0 Å². The van der Waals surface area contributed by atoms with Crippen LogP contribution in [0.5, 0.6) is 5.75 Å². The minimum atomic E-state index is -0.360. The Kier molecular flexibility index (Phi) is 15.4. The molecular weight excluding hydrogens is 450 g/mol. The highest BCUT2D eigenvalue weighted by Crippen LogP contribution is 2.17. The van der Waals surface area contributed by atoms with Gasteiger partial charge in [0.05, 0.1) is 12.8 Å². The average Bonchev–Trinajstić information content (AvgIpc) is 2.90. The summed E-state index contributed by atoms with van der Waals surface area (Å²) in [5, 5.41) is 6.68. The molecule has 2 N–H and O–H groups in total. The molecule has 196 valence electrons. The molecule has 36 heavy (non-hydrogen) atoms. The maximum Gasteiger partial charge on any atom is 0.259 e. The van der Waals surface area contributed by atoms with E-state index in [1.807, 2.05) is 54.6 Å². The lowest BCUT2D eigenvalue weighted by Gasteiger charge is -2.09. The van der Waals surface area contributed by atoms with E-state index < -0.39 is 0 Å². The Bertz CT molecular complexity index is 899. The van der Waals surface area contributed by atoms with Crippen LogP contribution in [0.25, 0.3) is 0 Å². The average molecular weight is 494 g/mol. The van der Waals surface area contributed by atoms with Crippen LogP contribution in [0.4, 0.5) is 0 Å². The molecule has 0 aromatic heterocycles. The molecule has 0 bridgehead atoms. The van der Waals surface area contributed by atoms with Gasteiger partial charge in [-0.2, -0.15) is 5.10 Å². The van der Waals surface area contributed by atoms with E-state index in [-0.39, 0.29) is 18.4 Å². The molecule has 0 spiro atoms. The minimum Gasteiger partial charge on any atom is -0.488 e. The largest absolute Gasteiger partial charge is 0.488 e. The Morgan fingerprint density at radius 3 is 2.08 bits per heavy atom. The number of carbonyl (C=O) groups excluding carboxylic acids is 2. The van der Waals surface area contributed by atoms with Gasteiger partial charge in [-0.15, -0.1) is 0 Å². The lowest BCUT2D eigenvalue weighted by molar-refractivity contribution is -0.126. The zero-order chi connectivity index (χ0) is 25.7. The van der Waals surface area contributed by atoms with Crippen LogP contribution in [0.1, 0.15) is 95.1 Å². The van der Waals surface area contributed by atoms with E-state index in [1.165, 1.54) is 57.8 Å². The third-order valence-electron chi connectivity index (χ3n) is 6.00. The maximum absolute atomic E-state index is 12.0.